The number of hydrogen-bond acceptors (Lipinski definition) is 2. The number of anilines is 6. The molecule has 11 rings (SSSR count). The highest BCUT2D eigenvalue weighted by atomic mass is 15.1. The Morgan fingerprint density at radius 2 is 0.657 bits per heavy atom. The molecular formula is C65H50N2. The maximum atomic E-state index is 3.36. The van der Waals surface area contributed by atoms with Gasteiger partial charge in [-0.1, -0.05) is 194 Å². The van der Waals surface area contributed by atoms with Gasteiger partial charge in [-0.25, -0.2) is 0 Å². The summed E-state index contributed by atoms with van der Waals surface area (Å²) in [6, 6.07) is 91.6. The van der Waals surface area contributed by atoms with Gasteiger partial charge in [-0.05, 0) is 151 Å². The van der Waals surface area contributed by atoms with Crippen LogP contribution in [0.4, 0.5) is 34.1 Å². The van der Waals surface area contributed by atoms with Crippen LogP contribution in [0, 0.1) is 0 Å². The van der Waals surface area contributed by atoms with Crippen molar-refractivity contribution in [2.75, 3.05) is 9.80 Å². The average Bonchev–Trinajstić information content (AvgIpc) is 3.39. The smallest absolute Gasteiger partial charge is 0.0468 e. The molecule has 0 aliphatic carbocycles. The minimum atomic E-state index is 1.10. The van der Waals surface area contributed by atoms with Crippen molar-refractivity contribution in [3.63, 3.8) is 0 Å². The molecule has 2 heteroatoms. The third-order valence-corrected chi connectivity index (χ3v) is 12.2. The Morgan fingerprint density at radius 3 is 1.18 bits per heavy atom. The summed E-state index contributed by atoms with van der Waals surface area (Å²) in [4.78, 5) is 4.66. The molecule has 0 saturated heterocycles. The highest BCUT2D eigenvalue weighted by Crippen LogP contribution is 2.40. The molecule has 11 aromatic carbocycles. The second kappa shape index (κ2) is 19.6. The fraction of sp³-hybridized carbons (Fsp3) is 0.0154. The SMILES string of the molecule is C(=C\c1ccc2cc(N(c3ccccc3)c3ccc(-c4cccc5ccccc45)cc3)ccc2c1)/c1ccc(N(c2ccccc2)c2ccc(-c3cccc4ccccc34)cc2)cc1.C=CC. The zero-order chi connectivity index (χ0) is 45.4. The van der Waals surface area contributed by atoms with E-state index in [0.29, 0.717) is 0 Å². The summed E-state index contributed by atoms with van der Waals surface area (Å²) in [5.41, 5.74) is 13.9. The summed E-state index contributed by atoms with van der Waals surface area (Å²) in [6.07, 6.45) is 6.15. The van der Waals surface area contributed by atoms with Crippen LogP contribution in [0.15, 0.2) is 267 Å². The molecule has 0 N–H and O–H groups in total. The average molecular weight is 859 g/mol. The van der Waals surface area contributed by atoms with Gasteiger partial charge in [-0.3, -0.25) is 0 Å². The van der Waals surface area contributed by atoms with Crippen LogP contribution in [0.1, 0.15) is 18.1 Å². The van der Waals surface area contributed by atoms with E-state index in [9.17, 15) is 0 Å². The zero-order valence-corrected chi connectivity index (χ0v) is 37.6. The number of allylic oxidation sites excluding steroid dienone is 1. The van der Waals surface area contributed by atoms with E-state index in [1.165, 1.54) is 54.6 Å². The highest BCUT2D eigenvalue weighted by Gasteiger charge is 2.15. The molecule has 2 nitrogen and oxygen atoms in total. The van der Waals surface area contributed by atoms with E-state index in [4.69, 9.17) is 0 Å². The minimum Gasteiger partial charge on any atom is -0.311 e. The molecule has 0 saturated carbocycles. The van der Waals surface area contributed by atoms with E-state index in [2.05, 4.69) is 283 Å². The molecule has 0 heterocycles. The summed E-state index contributed by atoms with van der Waals surface area (Å²) in [7, 11) is 0. The summed E-state index contributed by atoms with van der Waals surface area (Å²) in [5.74, 6) is 0. The first-order chi connectivity index (χ1) is 33.1. The van der Waals surface area contributed by atoms with Crippen molar-refractivity contribution in [1.29, 1.82) is 0 Å². The number of para-hydroxylation sites is 2. The topological polar surface area (TPSA) is 6.48 Å². The molecule has 0 aliphatic heterocycles. The first-order valence-electron chi connectivity index (χ1n) is 22.9. The molecule has 0 radical (unpaired) electrons. The Morgan fingerprint density at radius 1 is 0.299 bits per heavy atom. The van der Waals surface area contributed by atoms with Crippen LogP contribution >= 0.6 is 0 Å². The summed E-state index contributed by atoms with van der Waals surface area (Å²) < 4.78 is 0. The summed E-state index contributed by atoms with van der Waals surface area (Å²) >= 11 is 0. The maximum Gasteiger partial charge on any atom is 0.0468 e. The predicted molar refractivity (Wildman–Crippen MR) is 290 cm³/mol. The van der Waals surface area contributed by atoms with E-state index < -0.39 is 0 Å². The quantitative estimate of drug-likeness (QED) is 0.0999. The number of rotatable bonds is 10. The first kappa shape index (κ1) is 42.2. The molecule has 0 aliphatic rings. The second-order valence-electron chi connectivity index (χ2n) is 16.6. The van der Waals surface area contributed by atoms with Gasteiger partial charge in [0, 0.05) is 34.1 Å². The van der Waals surface area contributed by atoms with Crippen LogP contribution in [0.25, 0.3) is 66.7 Å². The van der Waals surface area contributed by atoms with Gasteiger partial charge in [-0.2, -0.15) is 0 Å². The fourth-order valence-corrected chi connectivity index (χ4v) is 9.00. The Balaban J connectivity index is 0.00000171. The van der Waals surface area contributed by atoms with Gasteiger partial charge < -0.3 is 9.80 Å². The third-order valence-electron chi connectivity index (χ3n) is 12.2. The molecule has 0 atom stereocenters. The Kier molecular flexibility index (Phi) is 12.3. The van der Waals surface area contributed by atoms with E-state index >= 15 is 0 Å². The molecule has 0 amide bonds. The van der Waals surface area contributed by atoms with E-state index in [1.54, 1.807) is 6.08 Å². The van der Waals surface area contributed by atoms with Gasteiger partial charge in [-0.15, -0.1) is 6.58 Å². The van der Waals surface area contributed by atoms with Crippen molar-refractivity contribution >= 4 is 78.6 Å². The van der Waals surface area contributed by atoms with E-state index in [1.807, 2.05) is 6.92 Å². The lowest BCUT2D eigenvalue weighted by atomic mass is 9.98. The molecule has 320 valence electrons. The predicted octanol–water partition coefficient (Wildman–Crippen LogP) is 18.8. The van der Waals surface area contributed by atoms with Gasteiger partial charge in [0.1, 0.15) is 0 Å². The standard InChI is InChI=1S/C62H44N2.C3H6/c1-3-17-53(18-4-1)63(56-38-31-49(32-39-56)61-23-11-15-47-13-7-9-21-59(47)61)55-36-28-45(29-37-55)25-26-46-27-30-52-44-58(42-35-51(52)43-46)64(54-19-5-2-6-20-54)57-40-33-50(34-41-57)62-24-12-16-48-14-8-10-22-60(48)62;1-3-2/h1-44H;3H,1H2,2H3/b26-25+;. The van der Waals surface area contributed by atoms with Crippen molar-refractivity contribution in [3.8, 4) is 22.3 Å². The van der Waals surface area contributed by atoms with Crippen molar-refractivity contribution in [2.24, 2.45) is 0 Å². The molecule has 0 aromatic heterocycles. The van der Waals surface area contributed by atoms with Crippen LogP contribution in [-0.2, 0) is 0 Å². The van der Waals surface area contributed by atoms with Crippen LogP contribution in [0.3, 0.4) is 0 Å². The molecule has 0 unspecified atom stereocenters. The monoisotopic (exact) mass is 858 g/mol. The molecule has 0 fully saturated rings. The molecule has 0 spiro atoms. The van der Waals surface area contributed by atoms with Gasteiger partial charge in [0.25, 0.3) is 0 Å². The highest BCUT2D eigenvalue weighted by molar-refractivity contribution is 5.98. The zero-order valence-electron chi connectivity index (χ0n) is 37.6. The Bertz CT molecular complexity index is 3450. The lowest BCUT2D eigenvalue weighted by molar-refractivity contribution is 1.28. The van der Waals surface area contributed by atoms with Gasteiger partial charge in [0.15, 0.2) is 0 Å². The Labute approximate surface area is 394 Å². The van der Waals surface area contributed by atoms with Crippen molar-refractivity contribution < 1.29 is 0 Å². The number of nitrogens with zero attached hydrogens (tertiary/aromatic N) is 2. The van der Waals surface area contributed by atoms with E-state index in [0.717, 1.165) is 45.3 Å². The third kappa shape index (κ3) is 9.15. The molecule has 67 heavy (non-hydrogen) atoms. The fourth-order valence-electron chi connectivity index (χ4n) is 9.00. The normalized spacial score (nSPS) is 11.1. The van der Waals surface area contributed by atoms with Crippen molar-refractivity contribution in [1.82, 2.24) is 0 Å². The minimum absolute atomic E-state index is 1.10. The van der Waals surface area contributed by atoms with Crippen molar-refractivity contribution in [2.45, 2.75) is 6.92 Å². The van der Waals surface area contributed by atoms with Gasteiger partial charge >= 0.3 is 0 Å². The van der Waals surface area contributed by atoms with Gasteiger partial charge in [0.2, 0.25) is 0 Å². The van der Waals surface area contributed by atoms with Crippen LogP contribution in [0.2, 0.25) is 0 Å². The van der Waals surface area contributed by atoms with Crippen LogP contribution in [0.5, 0.6) is 0 Å². The molecular weight excluding hydrogens is 809 g/mol. The van der Waals surface area contributed by atoms with Crippen LogP contribution < -0.4 is 9.80 Å². The number of fused-ring (bicyclic) bond motifs is 3. The lowest BCUT2D eigenvalue weighted by Gasteiger charge is -2.26. The summed E-state index contributed by atoms with van der Waals surface area (Å²) in [5, 5.41) is 7.42. The largest absolute Gasteiger partial charge is 0.311 e. The second-order valence-corrected chi connectivity index (χ2v) is 16.6. The molecule has 0 bridgehead atoms. The maximum absolute atomic E-state index is 3.36. The first-order valence-corrected chi connectivity index (χ1v) is 22.9. The number of benzene rings is 11. The number of hydrogen-bond donors (Lipinski definition) is 0. The Hall–Kier alpha value is -8.72. The van der Waals surface area contributed by atoms with E-state index in [-0.39, 0.29) is 0 Å². The molecule has 11 aromatic rings. The lowest BCUT2D eigenvalue weighted by Crippen LogP contribution is -2.09. The summed E-state index contributed by atoms with van der Waals surface area (Å²) in [6.45, 7) is 5.25. The van der Waals surface area contributed by atoms with Crippen LogP contribution in [-0.4, -0.2) is 0 Å². The van der Waals surface area contributed by atoms with Gasteiger partial charge in [0.05, 0.1) is 0 Å². The van der Waals surface area contributed by atoms with Crippen molar-refractivity contribution in [3.05, 3.63) is 279 Å².